The first-order chi connectivity index (χ1) is 11.8. The molecule has 126 valence electrons. The summed E-state index contributed by atoms with van der Waals surface area (Å²) in [6, 6.07) is 12.6. The number of hydrogen-bond acceptors (Lipinski definition) is 4. The molecule has 1 aromatic carbocycles. The highest BCUT2D eigenvalue weighted by Crippen LogP contribution is 2.39. The van der Waals surface area contributed by atoms with Crippen LogP contribution < -0.4 is 4.90 Å². The molecule has 0 N–H and O–H groups in total. The lowest BCUT2D eigenvalue weighted by Crippen LogP contribution is -2.47. The number of piperazine rings is 1. The molecular formula is C19H23ClN4. The first-order valence-electron chi connectivity index (χ1n) is 8.83. The Bertz CT molecular complexity index is 679. The van der Waals surface area contributed by atoms with Gasteiger partial charge < -0.3 is 4.90 Å². The zero-order chi connectivity index (χ0) is 16.4. The normalized spacial score (nSPS) is 18.8. The summed E-state index contributed by atoms with van der Waals surface area (Å²) in [6.07, 6.45) is 3.52. The molecule has 0 atom stereocenters. The molecule has 24 heavy (non-hydrogen) atoms. The van der Waals surface area contributed by atoms with E-state index in [1.807, 2.05) is 6.07 Å². The van der Waals surface area contributed by atoms with Crippen molar-refractivity contribution in [2.45, 2.75) is 25.2 Å². The van der Waals surface area contributed by atoms with Crippen LogP contribution in [0.3, 0.4) is 0 Å². The Balaban J connectivity index is 1.33. The van der Waals surface area contributed by atoms with Crippen molar-refractivity contribution in [2.24, 2.45) is 0 Å². The van der Waals surface area contributed by atoms with Crippen LogP contribution in [0.15, 0.2) is 36.4 Å². The molecule has 1 saturated carbocycles. The van der Waals surface area contributed by atoms with Gasteiger partial charge in [-0.1, -0.05) is 41.9 Å². The predicted molar refractivity (Wildman–Crippen MR) is 97.8 cm³/mol. The van der Waals surface area contributed by atoms with Crippen LogP contribution in [0.2, 0.25) is 5.15 Å². The minimum Gasteiger partial charge on any atom is -0.354 e. The Kier molecular flexibility index (Phi) is 4.67. The van der Waals surface area contributed by atoms with E-state index < -0.39 is 0 Å². The van der Waals surface area contributed by atoms with E-state index in [1.165, 1.54) is 18.4 Å². The van der Waals surface area contributed by atoms with Gasteiger partial charge in [0.25, 0.3) is 0 Å². The molecule has 5 heteroatoms. The molecule has 1 saturated heterocycles. The third kappa shape index (κ3) is 3.87. The van der Waals surface area contributed by atoms with Crippen molar-refractivity contribution in [1.29, 1.82) is 0 Å². The molecule has 1 aliphatic heterocycles. The van der Waals surface area contributed by atoms with Crippen molar-refractivity contribution in [1.82, 2.24) is 14.9 Å². The van der Waals surface area contributed by atoms with E-state index in [-0.39, 0.29) is 0 Å². The van der Waals surface area contributed by atoms with Crippen LogP contribution in [0.5, 0.6) is 0 Å². The van der Waals surface area contributed by atoms with E-state index in [0.29, 0.717) is 11.1 Å². The van der Waals surface area contributed by atoms with E-state index in [9.17, 15) is 0 Å². The van der Waals surface area contributed by atoms with Gasteiger partial charge in [0.15, 0.2) is 0 Å². The molecule has 0 bridgehead atoms. The standard InChI is InChI=1S/C19H23ClN4/c20-17-14-18(22-19(21-17)16-6-7-16)24-12-10-23(11-13-24)9-8-15-4-2-1-3-5-15/h1-5,14,16H,6-13H2. The van der Waals surface area contributed by atoms with Gasteiger partial charge in [0, 0.05) is 44.7 Å². The average molecular weight is 343 g/mol. The average Bonchev–Trinajstić information content (AvgIpc) is 3.46. The van der Waals surface area contributed by atoms with Crippen molar-refractivity contribution in [3.05, 3.63) is 52.9 Å². The highest BCUT2D eigenvalue weighted by atomic mass is 35.5. The molecule has 2 aromatic rings. The van der Waals surface area contributed by atoms with Gasteiger partial charge in [-0.25, -0.2) is 9.97 Å². The Hall–Kier alpha value is -1.65. The van der Waals surface area contributed by atoms with Gasteiger partial charge in [-0.05, 0) is 24.8 Å². The zero-order valence-electron chi connectivity index (χ0n) is 13.9. The van der Waals surface area contributed by atoms with Crippen molar-refractivity contribution in [3.8, 4) is 0 Å². The third-order valence-corrected chi connectivity index (χ3v) is 5.09. The molecule has 0 spiro atoms. The smallest absolute Gasteiger partial charge is 0.135 e. The Morgan fingerprint density at radius 1 is 1.00 bits per heavy atom. The summed E-state index contributed by atoms with van der Waals surface area (Å²) in [5.41, 5.74) is 1.41. The summed E-state index contributed by atoms with van der Waals surface area (Å²) in [5, 5.41) is 0.577. The number of anilines is 1. The SMILES string of the molecule is Clc1cc(N2CCN(CCc3ccccc3)CC2)nc(C2CC2)n1. The molecule has 2 aliphatic rings. The second-order valence-electron chi connectivity index (χ2n) is 6.75. The minimum absolute atomic E-state index is 0.537. The first kappa shape index (κ1) is 15.9. The minimum atomic E-state index is 0.537. The molecule has 2 heterocycles. The lowest BCUT2D eigenvalue weighted by Gasteiger charge is -2.35. The Morgan fingerprint density at radius 2 is 1.75 bits per heavy atom. The summed E-state index contributed by atoms with van der Waals surface area (Å²) < 4.78 is 0. The van der Waals surface area contributed by atoms with Crippen LogP contribution >= 0.6 is 11.6 Å². The van der Waals surface area contributed by atoms with Gasteiger partial charge in [-0.2, -0.15) is 0 Å². The highest BCUT2D eigenvalue weighted by Gasteiger charge is 2.28. The number of aromatic nitrogens is 2. The summed E-state index contributed by atoms with van der Waals surface area (Å²) in [5.74, 6) is 2.47. The molecule has 2 fully saturated rings. The van der Waals surface area contributed by atoms with E-state index in [0.717, 1.165) is 50.8 Å². The van der Waals surface area contributed by atoms with E-state index in [4.69, 9.17) is 16.6 Å². The van der Waals surface area contributed by atoms with Crippen LogP contribution in [-0.2, 0) is 6.42 Å². The second kappa shape index (κ2) is 7.08. The molecule has 1 aliphatic carbocycles. The molecule has 4 rings (SSSR count). The molecule has 0 amide bonds. The summed E-state index contributed by atoms with van der Waals surface area (Å²) >= 11 is 6.20. The first-order valence-corrected chi connectivity index (χ1v) is 9.21. The Labute approximate surface area is 148 Å². The largest absolute Gasteiger partial charge is 0.354 e. The zero-order valence-corrected chi connectivity index (χ0v) is 14.6. The predicted octanol–water partition coefficient (Wildman–Crippen LogP) is 3.37. The van der Waals surface area contributed by atoms with Crippen molar-refractivity contribution >= 4 is 17.4 Å². The lowest BCUT2D eigenvalue weighted by atomic mass is 10.1. The summed E-state index contributed by atoms with van der Waals surface area (Å²) in [4.78, 5) is 14.0. The Morgan fingerprint density at radius 3 is 2.46 bits per heavy atom. The number of rotatable bonds is 5. The second-order valence-corrected chi connectivity index (χ2v) is 7.13. The van der Waals surface area contributed by atoms with Crippen molar-refractivity contribution < 1.29 is 0 Å². The fourth-order valence-electron chi connectivity index (χ4n) is 3.24. The van der Waals surface area contributed by atoms with Crippen LogP contribution in [0, 0.1) is 0 Å². The molecule has 4 nitrogen and oxygen atoms in total. The van der Waals surface area contributed by atoms with Gasteiger partial charge in [0.1, 0.15) is 16.8 Å². The monoisotopic (exact) mass is 342 g/mol. The fourth-order valence-corrected chi connectivity index (χ4v) is 3.43. The van der Waals surface area contributed by atoms with Crippen LogP contribution in [0.4, 0.5) is 5.82 Å². The summed E-state index contributed by atoms with van der Waals surface area (Å²) in [6.45, 7) is 5.29. The molecule has 0 radical (unpaired) electrons. The third-order valence-electron chi connectivity index (χ3n) is 4.90. The van der Waals surface area contributed by atoms with Gasteiger partial charge in [0.2, 0.25) is 0 Å². The van der Waals surface area contributed by atoms with Gasteiger partial charge in [-0.3, -0.25) is 4.90 Å². The number of hydrogen-bond donors (Lipinski definition) is 0. The quantitative estimate of drug-likeness (QED) is 0.780. The highest BCUT2D eigenvalue weighted by molar-refractivity contribution is 6.29. The number of benzene rings is 1. The van der Waals surface area contributed by atoms with Crippen molar-refractivity contribution in [2.75, 3.05) is 37.6 Å². The van der Waals surface area contributed by atoms with Crippen LogP contribution in [-0.4, -0.2) is 47.6 Å². The van der Waals surface area contributed by atoms with E-state index >= 15 is 0 Å². The maximum atomic E-state index is 6.20. The molecule has 1 aromatic heterocycles. The van der Waals surface area contributed by atoms with Crippen molar-refractivity contribution in [3.63, 3.8) is 0 Å². The number of nitrogens with zero attached hydrogens (tertiary/aromatic N) is 4. The number of halogens is 1. The molecular weight excluding hydrogens is 320 g/mol. The van der Waals surface area contributed by atoms with Crippen LogP contribution in [0.25, 0.3) is 0 Å². The van der Waals surface area contributed by atoms with Gasteiger partial charge in [-0.15, -0.1) is 0 Å². The van der Waals surface area contributed by atoms with E-state index in [2.05, 4.69) is 45.1 Å². The molecule has 0 unspecified atom stereocenters. The lowest BCUT2D eigenvalue weighted by molar-refractivity contribution is 0.260. The van der Waals surface area contributed by atoms with Gasteiger partial charge in [0.05, 0.1) is 0 Å². The topological polar surface area (TPSA) is 32.3 Å². The van der Waals surface area contributed by atoms with Crippen LogP contribution in [0.1, 0.15) is 30.1 Å². The maximum absolute atomic E-state index is 6.20. The fraction of sp³-hybridized carbons (Fsp3) is 0.474. The maximum Gasteiger partial charge on any atom is 0.135 e. The summed E-state index contributed by atoms with van der Waals surface area (Å²) in [7, 11) is 0. The van der Waals surface area contributed by atoms with E-state index in [1.54, 1.807) is 0 Å². The van der Waals surface area contributed by atoms with Gasteiger partial charge >= 0.3 is 0 Å².